The van der Waals surface area contributed by atoms with Crippen molar-refractivity contribution in [2.24, 2.45) is 0 Å². The van der Waals surface area contributed by atoms with Crippen molar-refractivity contribution in [1.29, 1.82) is 0 Å². The molecule has 0 N–H and O–H groups in total. The molecule has 0 radical (unpaired) electrons. The molecule has 2 heterocycles. The lowest BCUT2D eigenvalue weighted by Gasteiger charge is -2.02. The van der Waals surface area contributed by atoms with Gasteiger partial charge in [-0.25, -0.2) is 0 Å². The van der Waals surface area contributed by atoms with Crippen LogP contribution < -0.4 is 0 Å². The maximum atomic E-state index is 5.47. The Morgan fingerprint density at radius 3 is 2.93 bits per heavy atom. The summed E-state index contributed by atoms with van der Waals surface area (Å²) in [7, 11) is 0. The van der Waals surface area contributed by atoms with Gasteiger partial charge in [0, 0.05) is 21.7 Å². The number of benzene rings is 1. The molecule has 74 valence electrons. The van der Waals surface area contributed by atoms with E-state index in [0.29, 0.717) is 0 Å². The van der Waals surface area contributed by atoms with Crippen LogP contribution in [0.15, 0.2) is 44.8 Å². The van der Waals surface area contributed by atoms with Gasteiger partial charge in [-0.15, -0.1) is 11.3 Å². The van der Waals surface area contributed by atoms with E-state index in [4.69, 9.17) is 12.2 Å². The van der Waals surface area contributed by atoms with Gasteiger partial charge in [-0.1, -0.05) is 42.2 Å². The van der Waals surface area contributed by atoms with Gasteiger partial charge in [-0.2, -0.15) is 0 Å². The third-order valence-corrected chi connectivity index (χ3v) is 5.09. The van der Waals surface area contributed by atoms with Crippen molar-refractivity contribution in [1.82, 2.24) is 0 Å². The van der Waals surface area contributed by atoms with Crippen LogP contribution in [0.2, 0.25) is 0 Å². The summed E-state index contributed by atoms with van der Waals surface area (Å²) in [5, 5.41) is 2.12. The summed E-state index contributed by atoms with van der Waals surface area (Å²) < 4.78 is 1.34. The van der Waals surface area contributed by atoms with Gasteiger partial charge in [0.1, 0.15) is 0 Å². The zero-order valence-electron chi connectivity index (χ0n) is 7.90. The summed E-state index contributed by atoms with van der Waals surface area (Å²) in [4.78, 5) is 2.42. The highest BCUT2D eigenvalue weighted by Gasteiger charge is 2.17. The van der Waals surface area contributed by atoms with E-state index in [0.717, 1.165) is 11.3 Å². The monoisotopic (exact) mass is 248 g/mol. The fourth-order valence-electron chi connectivity index (χ4n) is 1.70. The summed E-state index contributed by atoms with van der Waals surface area (Å²) in [6.07, 6.45) is 0.905. The molecule has 15 heavy (non-hydrogen) atoms. The van der Waals surface area contributed by atoms with Crippen molar-refractivity contribution in [3.05, 3.63) is 46.8 Å². The highest BCUT2D eigenvalue weighted by molar-refractivity contribution is 8.01. The average molecular weight is 248 g/mol. The smallest absolute Gasteiger partial charge is 0.0730 e. The SMILES string of the molecule is S=C1Cc2ccccc2Sc2sccc21. The van der Waals surface area contributed by atoms with E-state index < -0.39 is 0 Å². The molecule has 0 saturated carbocycles. The molecule has 0 saturated heterocycles. The number of hydrogen-bond acceptors (Lipinski definition) is 3. The Morgan fingerprint density at radius 2 is 2.00 bits per heavy atom. The molecule has 0 spiro atoms. The second-order valence-electron chi connectivity index (χ2n) is 3.43. The first kappa shape index (κ1) is 9.58. The van der Waals surface area contributed by atoms with Gasteiger partial charge in [0.2, 0.25) is 0 Å². The first-order chi connectivity index (χ1) is 7.34. The fourth-order valence-corrected chi connectivity index (χ4v) is 4.35. The van der Waals surface area contributed by atoms with Gasteiger partial charge in [0.05, 0.1) is 4.21 Å². The highest BCUT2D eigenvalue weighted by atomic mass is 32.2. The van der Waals surface area contributed by atoms with Crippen molar-refractivity contribution in [2.45, 2.75) is 15.5 Å². The van der Waals surface area contributed by atoms with Crippen molar-refractivity contribution < 1.29 is 0 Å². The molecule has 0 aliphatic carbocycles. The summed E-state index contributed by atoms with van der Waals surface area (Å²) in [5.41, 5.74) is 2.62. The Labute approximate surface area is 102 Å². The van der Waals surface area contributed by atoms with Crippen LogP contribution >= 0.6 is 35.3 Å². The Hall–Kier alpha value is -0.640. The molecule has 0 atom stereocenters. The maximum absolute atomic E-state index is 5.47. The van der Waals surface area contributed by atoms with E-state index in [1.807, 2.05) is 11.8 Å². The second-order valence-corrected chi connectivity index (χ2v) is 6.15. The molecule has 0 fully saturated rings. The van der Waals surface area contributed by atoms with E-state index in [2.05, 4.69) is 35.7 Å². The Bertz CT molecular complexity index is 525. The summed E-state index contributed by atoms with van der Waals surface area (Å²) >= 11 is 9.10. The van der Waals surface area contributed by atoms with Gasteiger partial charge in [-0.3, -0.25) is 0 Å². The lowest BCUT2D eigenvalue weighted by Crippen LogP contribution is -1.99. The Balaban J connectivity index is 2.18. The van der Waals surface area contributed by atoms with Gasteiger partial charge < -0.3 is 0 Å². The quantitative estimate of drug-likeness (QED) is 0.642. The molecule has 1 aliphatic heterocycles. The van der Waals surface area contributed by atoms with Crippen LogP contribution in [0.5, 0.6) is 0 Å². The van der Waals surface area contributed by atoms with Crippen LogP contribution in [0.25, 0.3) is 0 Å². The minimum absolute atomic E-state index is 0.905. The van der Waals surface area contributed by atoms with Gasteiger partial charge in [0.25, 0.3) is 0 Å². The number of rotatable bonds is 0. The molecular weight excluding hydrogens is 240 g/mol. The second kappa shape index (κ2) is 3.74. The normalized spacial score (nSPS) is 14.3. The van der Waals surface area contributed by atoms with Gasteiger partial charge in [-0.05, 0) is 23.1 Å². The van der Waals surface area contributed by atoms with Crippen LogP contribution in [-0.2, 0) is 6.42 Å². The Morgan fingerprint density at radius 1 is 1.13 bits per heavy atom. The standard InChI is InChI=1S/C12H8S3/c13-10-7-8-3-1-2-4-11(8)15-12-9(10)5-6-14-12/h1-6H,7H2. The largest absolute Gasteiger partial charge is 0.136 e. The third-order valence-electron chi connectivity index (χ3n) is 2.46. The van der Waals surface area contributed by atoms with Gasteiger partial charge in [0.15, 0.2) is 0 Å². The summed E-state index contributed by atoms with van der Waals surface area (Å²) in [6, 6.07) is 10.7. The van der Waals surface area contributed by atoms with Crippen LogP contribution in [0.4, 0.5) is 0 Å². The van der Waals surface area contributed by atoms with Crippen molar-refractivity contribution >= 4 is 40.2 Å². The highest BCUT2D eigenvalue weighted by Crippen LogP contribution is 2.40. The molecule has 3 rings (SSSR count). The average Bonchev–Trinajstić information content (AvgIpc) is 2.64. The zero-order chi connectivity index (χ0) is 10.3. The van der Waals surface area contributed by atoms with Crippen LogP contribution in [0.1, 0.15) is 11.1 Å². The van der Waals surface area contributed by atoms with Crippen molar-refractivity contribution in [3.63, 3.8) is 0 Å². The van der Waals surface area contributed by atoms with Crippen LogP contribution in [0, 0.1) is 0 Å². The van der Waals surface area contributed by atoms with E-state index >= 15 is 0 Å². The lowest BCUT2D eigenvalue weighted by molar-refractivity contribution is 1.24. The zero-order valence-corrected chi connectivity index (χ0v) is 10.3. The molecule has 1 aliphatic rings. The number of fused-ring (bicyclic) bond motifs is 2. The molecule has 0 amide bonds. The molecule has 1 aromatic heterocycles. The molecule has 1 aromatic carbocycles. The van der Waals surface area contributed by atoms with Crippen molar-refractivity contribution in [2.75, 3.05) is 0 Å². The van der Waals surface area contributed by atoms with E-state index in [-0.39, 0.29) is 0 Å². The topological polar surface area (TPSA) is 0 Å². The molecule has 0 nitrogen and oxygen atoms in total. The summed E-state index contributed by atoms with van der Waals surface area (Å²) in [6.45, 7) is 0. The van der Waals surface area contributed by atoms with E-state index in [1.165, 1.54) is 20.2 Å². The molecular formula is C12H8S3. The van der Waals surface area contributed by atoms with Gasteiger partial charge >= 0.3 is 0 Å². The molecule has 2 aromatic rings. The molecule has 3 heteroatoms. The number of thiocarbonyl (C=S) groups is 1. The minimum Gasteiger partial charge on any atom is -0.136 e. The van der Waals surface area contributed by atoms with Crippen LogP contribution in [0.3, 0.4) is 0 Å². The summed E-state index contributed by atoms with van der Waals surface area (Å²) in [5.74, 6) is 0. The Kier molecular flexibility index (Phi) is 2.39. The van der Waals surface area contributed by atoms with Crippen LogP contribution in [-0.4, -0.2) is 4.86 Å². The molecule has 0 unspecified atom stereocenters. The first-order valence-electron chi connectivity index (χ1n) is 4.71. The predicted octanol–water partition coefficient (Wildman–Crippen LogP) is 4.17. The lowest BCUT2D eigenvalue weighted by atomic mass is 10.1. The fraction of sp³-hybridized carbons (Fsp3) is 0.0833. The number of hydrogen-bond donors (Lipinski definition) is 0. The van der Waals surface area contributed by atoms with E-state index in [9.17, 15) is 0 Å². The third kappa shape index (κ3) is 1.65. The van der Waals surface area contributed by atoms with Crippen molar-refractivity contribution in [3.8, 4) is 0 Å². The minimum atomic E-state index is 0.905. The first-order valence-corrected chi connectivity index (χ1v) is 6.81. The maximum Gasteiger partial charge on any atom is 0.0730 e. The molecule has 0 bridgehead atoms. The number of thiophene rings is 1. The van der Waals surface area contributed by atoms with E-state index in [1.54, 1.807) is 11.3 Å². The predicted molar refractivity (Wildman–Crippen MR) is 70.3 cm³/mol.